The topological polar surface area (TPSA) is 163 Å². The van der Waals surface area contributed by atoms with Gasteiger partial charge in [-0.2, -0.15) is 30.6 Å². The first-order chi connectivity index (χ1) is 20.2. The molecule has 0 bridgehead atoms. The van der Waals surface area contributed by atoms with Gasteiger partial charge in [0.2, 0.25) is 10.0 Å². The van der Waals surface area contributed by atoms with Gasteiger partial charge in [0.25, 0.3) is 5.56 Å². The monoisotopic (exact) mass is 657 g/mol. The van der Waals surface area contributed by atoms with Gasteiger partial charge in [0.05, 0.1) is 17.5 Å². The third kappa shape index (κ3) is 8.98. The highest BCUT2D eigenvalue weighted by atomic mass is 32.2. The summed E-state index contributed by atoms with van der Waals surface area (Å²) in [6, 6.07) is 4.08. The molecule has 2 N–H and O–H groups in total. The van der Waals surface area contributed by atoms with Gasteiger partial charge in [-0.1, -0.05) is 6.07 Å². The molecule has 3 aliphatic heterocycles. The predicted molar refractivity (Wildman–Crippen MR) is 140 cm³/mol. The summed E-state index contributed by atoms with van der Waals surface area (Å²) in [5.74, 6) is -4.63. The highest BCUT2D eigenvalue weighted by molar-refractivity contribution is 7.88. The van der Waals surface area contributed by atoms with Crippen molar-refractivity contribution in [2.24, 2.45) is 5.41 Å². The fourth-order valence-electron chi connectivity index (χ4n) is 5.12. The number of hydrogen-bond donors (Lipinski definition) is 2. The molecule has 12 nitrogen and oxygen atoms in total. The molecule has 44 heavy (non-hydrogen) atoms. The van der Waals surface area contributed by atoms with Gasteiger partial charge in [-0.3, -0.25) is 19.2 Å². The minimum atomic E-state index is -5.08. The lowest BCUT2D eigenvalue weighted by molar-refractivity contribution is -0.193. The van der Waals surface area contributed by atoms with Crippen LogP contribution < -0.4 is 5.56 Å². The number of alkyl halides is 6. The molecule has 0 aromatic carbocycles. The second-order valence-corrected chi connectivity index (χ2v) is 12.6. The third-order valence-corrected chi connectivity index (χ3v) is 8.64. The van der Waals surface area contributed by atoms with Crippen LogP contribution in [-0.2, 0) is 52.1 Å². The lowest BCUT2D eigenvalue weighted by Gasteiger charge is -2.38. The third-order valence-electron chi connectivity index (χ3n) is 7.39. The number of sulfonamides is 1. The minimum absolute atomic E-state index is 0.0435. The van der Waals surface area contributed by atoms with E-state index >= 15 is 0 Å². The van der Waals surface area contributed by atoms with Crippen molar-refractivity contribution in [2.75, 3.05) is 25.9 Å². The molecule has 1 saturated heterocycles. The molecule has 0 radical (unpaired) electrons. The zero-order chi connectivity index (χ0) is 33.1. The minimum Gasteiger partial charge on any atom is -0.475 e. The van der Waals surface area contributed by atoms with E-state index in [-0.39, 0.29) is 17.5 Å². The molecule has 2 aromatic rings. The maximum Gasteiger partial charge on any atom is 0.490 e. The number of fused-ring (bicyclic) bond motifs is 2. The van der Waals surface area contributed by atoms with Crippen molar-refractivity contribution in [1.29, 1.82) is 0 Å². The van der Waals surface area contributed by atoms with Crippen LogP contribution in [0.25, 0.3) is 0 Å². The average molecular weight is 658 g/mol. The second kappa shape index (κ2) is 13.2. The summed E-state index contributed by atoms with van der Waals surface area (Å²) in [7, 11) is -3.31. The molecular weight excluding hydrogens is 628 g/mol. The van der Waals surface area contributed by atoms with Crippen LogP contribution in [0.3, 0.4) is 0 Å². The maximum absolute atomic E-state index is 13.2. The Bertz CT molecular complexity index is 1500. The molecular formula is C25H29F6N5O7S. The molecule has 0 amide bonds. The lowest BCUT2D eigenvalue weighted by Crippen LogP contribution is -2.42. The van der Waals surface area contributed by atoms with E-state index in [1.54, 1.807) is 6.20 Å². The molecule has 0 unspecified atom stereocenters. The Morgan fingerprint density at radius 3 is 2.07 bits per heavy atom. The number of halogens is 6. The Balaban J connectivity index is 0.000000317. The first kappa shape index (κ1) is 34.9. The number of carboxylic acids is 2. The highest BCUT2D eigenvalue weighted by Gasteiger charge is 2.43. The van der Waals surface area contributed by atoms with Crippen molar-refractivity contribution in [3.63, 3.8) is 0 Å². The van der Waals surface area contributed by atoms with Crippen LogP contribution in [0.4, 0.5) is 26.3 Å². The maximum atomic E-state index is 13.2. The summed E-state index contributed by atoms with van der Waals surface area (Å²) >= 11 is 0. The number of likely N-dealkylation sites (tertiary alicyclic amines) is 1. The van der Waals surface area contributed by atoms with Crippen LogP contribution in [0.2, 0.25) is 0 Å². The number of carbonyl (C=O) groups is 2. The lowest BCUT2D eigenvalue weighted by atomic mass is 9.77. The van der Waals surface area contributed by atoms with Crippen LogP contribution in [0.5, 0.6) is 0 Å². The summed E-state index contributed by atoms with van der Waals surface area (Å²) in [4.78, 5) is 42.5. The Hall–Kier alpha value is -3.58. The van der Waals surface area contributed by atoms with Gasteiger partial charge in [0, 0.05) is 51.4 Å². The average Bonchev–Trinajstić information content (AvgIpc) is 3.28. The van der Waals surface area contributed by atoms with Gasteiger partial charge in [-0.05, 0) is 43.0 Å². The summed E-state index contributed by atoms with van der Waals surface area (Å²) in [6.07, 6.45) is -1.83. The van der Waals surface area contributed by atoms with Crippen molar-refractivity contribution < 1.29 is 54.6 Å². The van der Waals surface area contributed by atoms with E-state index in [4.69, 9.17) is 24.8 Å². The molecule has 244 valence electrons. The molecule has 1 fully saturated rings. The van der Waals surface area contributed by atoms with Crippen molar-refractivity contribution >= 4 is 22.0 Å². The molecule has 2 aromatic heterocycles. The van der Waals surface area contributed by atoms with E-state index in [0.29, 0.717) is 25.1 Å². The van der Waals surface area contributed by atoms with Crippen molar-refractivity contribution in [1.82, 2.24) is 23.7 Å². The molecule has 0 atom stereocenters. The summed E-state index contributed by atoms with van der Waals surface area (Å²) < 4.78 is 90.5. The number of nitrogens with zero attached hydrogens (tertiary/aromatic N) is 5. The molecule has 5 rings (SSSR count). The number of aromatic nitrogens is 3. The van der Waals surface area contributed by atoms with Crippen LogP contribution >= 0.6 is 0 Å². The summed E-state index contributed by atoms with van der Waals surface area (Å²) in [5.41, 5.74) is 2.62. The van der Waals surface area contributed by atoms with Crippen molar-refractivity contribution in [3.8, 4) is 0 Å². The van der Waals surface area contributed by atoms with E-state index in [0.717, 1.165) is 50.4 Å². The fourth-order valence-corrected chi connectivity index (χ4v) is 5.90. The largest absolute Gasteiger partial charge is 0.490 e. The van der Waals surface area contributed by atoms with Crippen LogP contribution in [0, 0.1) is 5.41 Å². The zero-order valence-corrected chi connectivity index (χ0v) is 24.0. The smallest absolute Gasteiger partial charge is 0.475 e. The zero-order valence-electron chi connectivity index (χ0n) is 23.2. The summed E-state index contributed by atoms with van der Waals surface area (Å²) in [6.45, 7) is 4.15. The van der Waals surface area contributed by atoms with Crippen LogP contribution in [-0.4, -0.2) is 92.6 Å². The van der Waals surface area contributed by atoms with Gasteiger partial charge in [-0.15, -0.1) is 0 Å². The van der Waals surface area contributed by atoms with Gasteiger partial charge in [0.15, 0.2) is 0 Å². The van der Waals surface area contributed by atoms with E-state index in [2.05, 4.69) is 16.0 Å². The van der Waals surface area contributed by atoms with E-state index in [1.165, 1.54) is 16.1 Å². The van der Waals surface area contributed by atoms with Crippen molar-refractivity contribution in [3.05, 3.63) is 57.5 Å². The van der Waals surface area contributed by atoms with E-state index in [9.17, 15) is 39.6 Å². The number of carboxylic acid groups (broad SMARTS) is 2. The Morgan fingerprint density at radius 1 is 1.02 bits per heavy atom. The molecule has 0 aliphatic carbocycles. The molecule has 0 saturated carbocycles. The number of hydrogen-bond acceptors (Lipinski definition) is 8. The summed E-state index contributed by atoms with van der Waals surface area (Å²) in [5, 5.41) is 14.2. The molecule has 1 spiro atoms. The molecule has 19 heteroatoms. The van der Waals surface area contributed by atoms with E-state index in [1.807, 2.05) is 16.8 Å². The number of piperidine rings is 1. The van der Waals surface area contributed by atoms with Gasteiger partial charge in [-0.25, -0.2) is 23.0 Å². The second-order valence-electron chi connectivity index (χ2n) is 10.6. The SMILES string of the molecule is CS(=O)(=O)N1CCc2nc3n(c(=O)c2C1)CC1(CCN(Cc2cccnc2)CC1)C3.O=C(O)C(F)(F)F.O=C(O)C(F)(F)F. The van der Waals surface area contributed by atoms with Crippen LogP contribution in [0.15, 0.2) is 29.3 Å². The van der Waals surface area contributed by atoms with Gasteiger partial charge in [0.1, 0.15) is 5.82 Å². The number of rotatable bonds is 3. The highest BCUT2D eigenvalue weighted by Crippen LogP contribution is 2.41. The Morgan fingerprint density at radius 2 is 1.59 bits per heavy atom. The van der Waals surface area contributed by atoms with Crippen LogP contribution in [0.1, 0.15) is 35.5 Å². The predicted octanol–water partition coefficient (Wildman–Crippen LogP) is 2.06. The van der Waals surface area contributed by atoms with Gasteiger partial charge >= 0.3 is 24.3 Å². The van der Waals surface area contributed by atoms with Crippen molar-refractivity contribution in [2.45, 2.75) is 57.7 Å². The molecule has 3 aliphatic rings. The Labute approximate surface area is 247 Å². The van der Waals surface area contributed by atoms with E-state index < -0.39 is 34.3 Å². The molecule has 5 heterocycles. The number of aliphatic carboxylic acids is 2. The first-order valence-electron chi connectivity index (χ1n) is 13.0. The number of pyridine rings is 1. The van der Waals surface area contributed by atoms with Gasteiger partial charge < -0.3 is 10.2 Å². The standard InChI is InChI=1S/C21H27N5O3S.2C2HF3O2/c1-30(28,29)25-8-4-18-17(14-25)20(27)26-15-21(11-19(26)23-18)5-9-24(10-6-21)13-16-3-2-7-22-12-16;2*3-2(4,5)1(6)7/h2-3,7,12H,4-6,8-11,13-15H2,1H3;2*(H,6,7). The Kier molecular flexibility index (Phi) is 10.5. The fraction of sp³-hybridized carbons (Fsp3) is 0.560. The quantitative estimate of drug-likeness (QED) is 0.468. The first-order valence-corrected chi connectivity index (χ1v) is 14.8. The normalized spacial score (nSPS) is 18.2.